The van der Waals surface area contributed by atoms with E-state index in [0.29, 0.717) is 24.3 Å². The van der Waals surface area contributed by atoms with Gasteiger partial charge in [-0.05, 0) is 54.2 Å². The van der Waals surface area contributed by atoms with Gasteiger partial charge in [-0.2, -0.15) is 13.2 Å². The smallest absolute Gasteiger partial charge is 0.389 e. The molecule has 1 aromatic carbocycles. The Kier molecular flexibility index (Phi) is 3.32. The van der Waals surface area contributed by atoms with Crippen LogP contribution in [0.15, 0.2) is 12.1 Å². The number of aromatic hydroxyl groups is 1. The van der Waals surface area contributed by atoms with Crippen molar-refractivity contribution in [2.45, 2.75) is 75.8 Å². The molecule has 0 heterocycles. The number of rotatable bonds is 3. The Morgan fingerprint density at radius 3 is 2.14 bits per heavy atom. The molecule has 0 amide bonds. The predicted octanol–water partition coefficient (Wildman–Crippen LogP) is 5.55. The molecule has 122 valence electrons. The summed E-state index contributed by atoms with van der Waals surface area (Å²) < 4.78 is 38.6. The summed E-state index contributed by atoms with van der Waals surface area (Å²) in [6.45, 7) is 6.25. The Morgan fingerprint density at radius 2 is 1.73 bits per heavy atom. The van der Waals surface area contributed by atoms with Crippen LogP contribution in [0.3, 0.4) is 0 Å². The van der Waals surface area contributed by atoms with Crippen molar-refractivity contribution in [3.05, 3.63) is 28.8 Å². The molecule has 1 N–H and O–H groups in total. The zero-order valence-corrected chi connectivity index (χ0v) is 13.3. The molecule has 4 heteroatoms. The van der Waals surface area contributed by atoms with Gasteiger partial charge in [-0.3, -0.25) is 0 Å². The van der Waals surface area contributed by atoms with Crippen molar-refractivity contribution >= 4 is 0 Å². The largest absolute Gasteiger partial charge is 0.508 e. The van der Waals surface area contributed by atoms with Gasteiger partial charge in [0.15, 0.2) is 0 Å². The summed E-state index contributed by atoms with van der Waals surface area (Å²) in [5.74, 6) is 0.517. The number of alkyl halides is 3. The number of halogens is 3. The highest BCUT2D eigenvalue weighted by molar-refractivity contribution is 5.52. The molecule has 2 saturated carbocycles. The Bertz CT molecular complexity index is 588. The minimum Gasteiger partial charge on any atom is -0.508 e. The third-order valence-corrected chi connectivity index (χ3v) is 4.96. The van der Waals surface area contributed by atoms with E-state index in [9.17, 15) is 18.3 Å². The van der Waals surface area contributed by atoms with Gasteiger partial charge in [0.25, 0.3) is 0 Å². The first-order valence-electron chi connectivity index (χ1n) is 7.96. The van der Waals surface area contributed by atoms with Crippen LogP contribution in [0.25, 0.3) is 0 Å². The van der Waals surface area contributed by atoms with E-state index in [2.05, 4.69) is 20.8 Å². The Morgan fingerprint density at radius 1 is 1.14 bits per heavy atom. The van der Waals surface area contributed by atoms with Gasteiger partial charge < -0.3 is 5.11 Å². The summed E-state index contributed by atoms with van der Waals surface area (Å²) in [5, 5.41) is 10.4. The molecule has 2 aliphatic carbocycles. The van der Waals surface area contributed by atoms with E-state index in [4.69, 9.17) is 0 Å². The number of hydrogen-bond donors (Lipinski definition) is 1. The number of phenols is 1. The van der Waals surface area contributed by atoms with Crippen LogP contribution in [0.4, 0.5) is 13.2 Å². The second-order valence-electron chi connectivity index (χ2n) is 8.05. The minimum atomic E-state index is -4.19. The van der Waals surface area contributed by atoms with Crippen molar-refractivity contribution in [3.8, 4) is 5.75 Å². The minimum absolute atomic E-state index is 0.0525. The van der Waals surface area contributed by atoms with Crippen LogP contribution in [-0.4, -0.2) is 11.3 Å². The highest BCUT2D eigenvalue weighted by atomic mass is 19.4. The predicted molar refractivity (Wildman–Crippen MR) is 80.4 cm³/mol. The second kappa shape index (κ2) is 4.65. The number of hydrogen-bond acceptors (Lipinski definition) is 1. The summed E-state index contributed by atoms with van der Waals surface area (Å²) in [7, 11) is 0. The first-order valence-corrected chi connectivity index (χ1v) is 7.96. The van der Waals surface area contributed by atoms with Crippen molar-refractivity contribution in [2.24, 2.45) is 0 Å². The van der Waals surface area contributed by atoms with Gasteiger partial charge in [-0.15, -0.1) is 0 Å². The SMILES string of the molecule is CC(C)(C)c1cc(C2(CC(F)(F)F)CC2)c(O)cc1C1CC1. The third-order valence-electron chi connectivity index (χ3n) is 4.96. The van der Waals surface area contributed by atoms with Gasteiger partial charge in [0.2, 0.25) is 0 Å². The van der Waals surface area contributed by atoms with E-state index in [0.717, 1.165) is 24.0 Å². The molecule has 22 heavy (non-hydrogen) atoms. The van der Waals surface area contributed by atoms with E-state index < -0.39 is 18.0 Å². The standard InChI is InChI=1S/C18H23F3O/c1-16(2,3)13-9-14(15(22)8-12(13)11-4-5-11)17(6-7-17)10-18(19,20)21/h8-9,11,22H,4-7,10H2,1-3H3. The lowest BCUT2D eigenvalue weighted by Crippen LogP contribution is -2.21. The molecule has 0 bridgehead atoms. The molecule has 0 atom stereocenters. The van der Waals surface area contributed by atoms with Gasteiger partial charge in [0, 0.05) is 11.0 Å². The monoisotopic (exact) mass is 312 g/mol. The highest BCUT2D eigenvalue weighted by Crippen LogP contribution is 2.58. The summed E-state index contributed by atoms with van der Waals surface area (Å²) in [6, 6.07) is 3.60. The van der Waals surface area contributed by atoms with Gasteiger partial charge in [-0.1, -0.05) is 26.8 Å². The lowest BCUT2D eigenvalue weighted by Gasteiger charge is -2.27. The third kappa shape index (κ3) is 2.97. The van der Waals surface area contributed by atoms with Crippen LogP contribution in [0.2, 0.25) is 0 Å². The zero-order valence-electron chi connectivity index (χ0n) is 13.3. The maximum atomic E-state index is 12.9. The molecule has 3 rings (SSSR count). The van der Waals surface area contributed by atoms with Gasteiger partial charge in [0.05, 0.1) is 6.42 Å². The van der Waals surface area contributed by atoms with E-state index in [1.54, 1.807) is 6.07 Å². The normalized spacial score (nSPS) is 21.0. The summed E-state index contributed by atoms with van der Waals surface area (Å²) in [6.07, 6.45) is -1.80. The number of phenolic OH excluding ortho intramolecular Hbond substituents is 1. The van der Waals surface area contributed by atoms with Crippen molar-refractivity contribution in [3.63, 3.8) is 0 Å². The fourth-order valence-electron chi connectivity index (χ4n) is 3.49. The molecule has 0 saturated heterocycles. The van der Waals surface area contributed by atoms with Crippen LogP contribution in [-0.2, 0) is 10.8 Å². The van der Waals surface area contributed by atoms with Crippen molar-refractivity contribution in [1.29, 1.82) is 0 Å². The number of benzene rings is 1. The van der Waals surface area contributed by atoms with Crippen LogP contribution in [0, 0.1) is 0 Å². The maximum Gasteiger partial charge on any atom is 0.389 e. The topological polar surface area (TPSA) is 20.2 Å². The van der Waals surface area contributed by atoms with Gasteiger partial charge in [-0.25, -0.2) is 0 Å². The molecule has 0 spiro atoms. The molecular weight excluding hydrogens is 289 g/mol. The molecule has 1 nitrogen and oxygen atoms in total. The van der Waals surface area contributed by atoms with E-state index in [1.807, 2.05) is 6.07 Å². The average Bonchev–Trinajstić information content (AvgIpc) is 3.19. The Labute approximate surface area is 129 Å². The first-order chi connectivity index (χ1) is 10.0. The molecule has 1 aromatic rings. The Balaban J connectivity index is 2.06. The van der Waals surface area contributed by atoms with E-state index in [-0.39, 0.29) is 11.2 Å². The lowest BCUT2D eigenvalue weighted by atomic mass is 9.78. The highest BCUT2D eigenvalue weighted by Gasteiger charge is 2.53. The molecule has 0 aromatic heterocycles. The Hall–Kier alpha value is -1.19. The van der Waals surface area contributed by atoms with Crippen LogP contribution in [0.5, 0.6) is 5.75 Å². The lowest BCUT2D eigenvalue weighted by molar-refractivity contribution is -0.141. The molecule has 0 unspecified atom stereocenters. The van der Waals surface area contributed by atoms with Gasteiger partial charge >= 0.3 is 6.18 Å². The van der Waals surface area contributed by atoms with Crippen LogP contribution >= 0.6 is 0 Å². The molecule has 2 aliphatic rings. The summed E-state index contributed by atoms with van der Waals surface area (Å²) >= 11 is 0. The fraction of sp³-hybridized carbons (Fsp3) is 0.667. The first kappa shape index (κ1) is 15.7. The second-order valence-corrected chi connectivity index (χ2v) is 8.05. The maximum absolute atomic E-state index is 12.9. The average molecular weight is 312 g/mol. The fourth-order valence-corrected chi connectivity index (χ4v) is 3.49. The molecular formula is C18H23F3O. The van der Waals surface area contributed by atoms with E-state index >= 15 is 0 Å². The summed E-state index contributed by atoms with van der Waals surface area (Å²) in [4.78, 5) is 0. The van der Waals surface area contributed by atoms with Crippen LogP contribution in [0.1, 0.15) is 75.5 Å². The van der Waals surface area contributed by atoms with Crippen molar-refractivity contribution < 1.29 is 18.3 Å². The van der Waals surface area contributed by atoms with Crippen molar-refractivity contribution in [2.75, 3.05) is 0 Å². The van der Waals surface area contributed by atoms with Gasteiger partial charge in [0.1, 0.15) is 5.75 Å². The summed E-state index contributed by atoms with van der Waals surface area (Å²) in [5.41, 5.74) is 1.69. The van der Waals surface area contributed by atoms with Crippen LogP contribution < -0.4 is 0 Å². The zero-order chi connectivity index (χ0) is 16.3. The molecule has 0 aliphatic heterocycles. The van der Waals surface area contributed by atoms with Crippen molar-refractivity contribution in [1.82, 2.24) is 0 Å². The van der Waals surface area contributed by atoms with E-state index in [1.165, 1.54) is 0 Å². The molecule has 2 fully saturated rings. The molecule has 0 radical (unpaired) electrons. The quantitative estimate of drug-likeness (QED) is 0.775.